The number of imidazole rings is 1. The van der Waals surface area contributed by atoms with Gasteiger partial charge in [0.05, 0.1) is 40.0 Å². The predicted octanol–water partition coefficient (Wildman–Crippen LogP) is 4.05. The smallest absolute Gasteiger partial charge is 0.224 e. The predicted molar refractivity (Wildman–Crippen MR) is 111 cm³/mol. The van der Waals surface area contributed by atoms with E-state index >= 15 is 4.39 Å². The first-order chi connectivity index (χ1) is 14.6. The fourth-order valence-electron chi connectivity index (χ4n) is 3.30. The molecular weight excluding hydrogens is 385 g/mol. The Morgan fingerprint density at radius 3 is 2.83 bits per heavy atom. The average Bonchev–Trinajstić information content (AvgIpc) is 3.38. The highest BCUT2D eigenvalue weighted by Crippen LogP contribution is 2.32. The molecule has 8 nitrogen and oxygen atoms in total. The Kier molecular flexibility index (Phi) is 4.20. The molecule has 5 aromatic rings. The summed E-state index contributed by atoms with van der Waals surface area (Å²) in [6, 6.07) is 9.18. The molecule has 1 amide bonds. The number of para-hydroxylation sites is 2. The van der Waals surface area contributed by atoms with Gasteiger partial charge in [0.2, 0.25) is 5.91 Å². The van der Waals surface area contributed by atoms with Gasteiger partial charge >= 0.3 is 0 Å². The fraction of sp³-hybridized carbons (Fsp3) is 0.0952. The van der Waals surface area contributed by atoms with Crippen molar-refractivity contribution in [1.29, 1.82) is 0 Å². The Morgan fingerprint density at radius 1 is 1.13 bits per heavy atom. The minimum Gasteiger partial charge on any atom is -0.337 e. The highest BCUT2D eigenvalue weighted by molar-refractivity contribution is 5.95. The number of anilines is 1. The number of H-pyrrole nitrogens is 2. The summed E-state index contributed by atoms with van der Waals surface area (Å²) in [4.78, 5) is 27.7. The lowest BCUT2D eigenvalue weighted by Crippen LogP contribution is -2.09. The molecule has 4 heterocycles. The van der Waals surface area contributed by atoms with E-state index in [9.17, 15) is 4.79 Å². The number of hydrogen-bond acceptors (Lipinski definition) is 5. The van der Waals surface area contributed by atoms with Crippen molar-refractivity contribution in [2.45, 2.75) is 13.3 Å². The molecular formula is C21H16FN7O. The molecule has 0 aliphatic rings. The second kappa shape index (κ2) is 7.03. The van der Waals surface area contributed by atoms with E-state index in [4.69, 9.17) is 0 Å². The van der Waals surface area contributed by atoms with Gasteiger partial charge in [0.15, 0.2) is 11.6 Å². The van der Waals surface area contributed by atoms with Crippen LogP contribution in [0.4, 0.5) is 10.1 Å². The molecule has 148 valence electrons. The molecule has 0 spiro atoms. The Hall–Kier alpha value is -4.14. The van der Waals surface area contributed by atoms with Crippen LogP contribution in [-0.2, 0) is 4.79 Å². The summed E-state index contributed by atoms with van der Waals surface area (Å²) in [5.41, 5.74) is 3.46. The zero-order chi connectivity index (χ0) is 20.7. The molecule has 1 aromatic carbocycles. The lowest BCUT2D eigenvalue weighted by Gasteiger charge is -2.07. The van der Waals surface area contributed by atoms with Gasteiger partial charge in [-0.15, -0.1) is 0 Å². The number of benzene rings is 1. The van der Waals surface area contributed by atoms with Crippen LogP contribution in [-0.4, -0.2) is 36.0 Å². The first kappa shape index (κ1) is 17.9. The van der Waals surface area contributed by atoms with Crippen molar-refractivity contribution < 1.29 is 9.18 Å². The van der Waals surface area contributed by atoms with Gasteiger partial charge in [-0.25, -0.2) is 9.37 Å². The number of nitrogens with zero attached hydrogens (tertiary/aromatic N) is 4. The SMILES string of the molecule is CCC(=O)Nc1cncc(-c2ncc3[nH]nc(-c4nc5ccccc5[nH]4)c3c2F)c1. The van der Waals surface area contributed by atoms with Gasteiger partial charge in [0, 0.05) is 18.2 Å². The van der Waals surface area contributed by atoms with E-state index in [0.717, 1.165) is 11.0 Å². The third-order valence-electron chi connectivity index (χ3n) is 4.77. The Morgan fingerprint density at radius 2 is 2.00 bits per heavy atom. The molecule has 0 aliphatic carbocycles. The van der Waals surface area contributed by atoms with Crippen LogP contribution in [0.5, 0.6) is 0 Å². The summed E-state index contributed by atoms with van der Waals surface area (Å²) in [6.07, 6.45) is 4.86. The van der Waals surface area contributed by atoms with Crippen molar-refractivity contribution in [3.8, 4) is 22.8 Å². The van der Waals surface area contributed by atoms with Crippen LogP contribution in [0, 0.1) is 5.82 Å². The second-order valence-electron chi connectivity index (χ2n) is 6.75. The number of aromatic nitrogens is 6. The van der Waals surface area contributed by atoms with E-state index in [1.807, 2.05) is 24.3 Å². The zero-order valence-electron chi connectivity index (χ0n) is 15.9. The fourth-order valence-corrected chi connectivity index (χ4v) is 3.30. The van der Waals surface area contributed by atoms with Gasteiger partial charge in [0.25, 0.3) is 0 Å². The molecule has 30 heavy (non-hydrogen) atoms. The lowest BCUT2D eigenvalue weighted by molar-refractivity contribution is -0.115. The van der Waals surface area contributed by atoms with Crippen molar-refractivity contribution in [3.63, 3.8) is 0 Å². The van der Waals surface area contributed by atoms with Crippen LogP contribution < -0.4 is 5.32 Å². The summed E-state index contributed by atoms with van der Waals surface area (Å²) in [6.45, 7) is 1.75. The van der Waals surface area contributed by atoms with E-state index in [1.54, 1.807) is 13.0 Å². The van der Waals surface area contributed by atoms with Crippen molar-refractivity contribution in [3.05, 3.63) is 54.7 Å². The topological polar surface area (TPSA) is 112 Å². The van der Waals surface area contributed by atoms with Crippen LogP contribution in [0.3, 0.4) is 0 Å². The number of nitrogens with one attached hydrogen (secondary N) is 3. The van der Waals surface area contributed by atoms with Crippen molar-refractivity contribution in [2.24, 2.45) is 0 Å². The van der Waals surface area contributed by atoms with E-state index < -0.39 is 5.82 Å². The average molecular weight is 401 g/mol. The maximum Gasteiger partial charge on any atom is 0.224 e. The standard InChI is InChI=1S/C21H16FN7O/c1-2-16(30)25-12-7-11(8-23-9-12)19-18(22)17-15(10-24-19)28-29-20(17)21-26-13-5-3-4-6-14(13)27-21/h3-10H,2H2,1H3,(H,25,30)(H,26,27)(H,28,29). The van der Waals surface area contributed by atoms with Gasteiger partial charge in [-0.05, 0) is 18.2 Å². The van der Waals surface area contributed by atoms with E-state index in [2.05, 4.69) is 35.5 Å². The molecule has 4 aromatic heterocycles. The van der Waals surface area contributed by atoms with Crippen LogP contribution >= 0.6 is 0 Å². The highest BCUT2D eigenvalue weighted by atomic mass is 19.1. The van der Waals surface area contributed by atoms with Gasteiger partial charge in [0.1, 0.15) is 11.4 Å². The molecule has 5 rings (SSSR count). The minimum absolute atomic E-state index is 0.112. The first-order valence-corrected chi connectivity index (χ1v) is 9.37. The zero-order valence-corrected chi connectivity index (χ0v) is 15.9. The molecule has 9 heteroatoms. The third-order valence-corrected chi connectivity index (χ3v) is 4.77. The molecule has 0 saturated heterocycles. The number of fused-ring (bicyclic) bond motifs is 2. The molecule has 0 bridgehead atoms. The van der Waals surface area contributed by atoms with Gasteiger partial charge in [-0.1, -0.05) is 19.1 Å². The van der Waals surface area contributed by atoms with E-state index in [0.29, 0.717) is 34.7 Å². The number of amides is 1. The summed E-state index contributed by atoms with van der Waals surface area (Å²) < 4.78 is 15.6. The second-order valence-corrected chi connectivity index (χ2v) is 6.75. The van der Waals surface area contributed by atoms with Crippen molar-refractivity contribution in [2.75, 3.05) is 5.32 Å². The highest BCUT2D eigenvalue weighted by Gasteiger charge is 2.20. The number of hydrogen-bond donors (Lipinski definition) is 3. The number of carbonyl (C=O) groups is 1. The Balaban J connectivity index is 1.63. The Bertz CT molecular complexity index is 1370. The van der Waals surface area contributed by atoms with Gasteiger partial charge in [-0.2, -0.15) is 5.10 Å². The number of carbonyl (C=O) groups excluding carboxylic acids is 1. The van der Waals surface area contributed by atoms with Crippen molar-refractivity contribution >= 4 is 33.5 Å². The number of aromatic amines is 2. The third kappa shape index (κ3) is 2.96. The Labute approximate surface area is 169 Å². The molecule has 3 N–H and O–H groups in total. The minimum atomic E-state index is -0.544. The normalized spacial score (nSPS) is 11.3. The van der Waals surface area contributed by atoms with Crippen LogP contribution in [0.15, 0.2) is 48.9 Å². The quantitative estimate of drug-likeness (QED) is 0.421. The summed E-state index contributed by atoms with van der Waals surface area (Å²) in [7, 11) is 0. The first-order valence-electron chi connectivity index (χ1n) is 9.37. The molecule has 0 aliphatic heterocycles. The van der Waals surface area contributed by atoms with Crippen LogP contribution in [0.2, 0.25) is 0 Å². The number of halogens is 1. The summed E-state index contributed by atoms with van der Waals surface area (Å²) >= 11 is 0. The molecule has 0 unspecified atom stereocenters. The summed E-state index contributed by atoms with van der Waals surface area (Å²) in [5.74, 6) is -0.238. The van der Waals surface area contributed by atoms with E-state index in [1.165, 1.54) is 18.6 Å². The lowest BCUT2D eigenvalue weighted by atomic mass is 10.1. The van der Waals surface area contributed by atoms with Crippen molar-refractivity contribution in [1.82, 2.24) is 30.1 Å². The molecule has 0 atom stereocenters. The number of rotatable bonds is 4. The van der Waals surface area contributed by atoms with E-state index in [-0.39, 0.29) is 17.0 Å². The monoisotopic (exact) mass is 401 g/mol. The maximum atomic E-state index is 15.6. The van der Waals surface area contributed by atoms with Gasteiger partial charge < -0.3 is 10.3 Å². The summed E-state index contributed by atoms with van der Waals surface area (Å²) in [5, 5.41) is 10.1. The largest absolute Gasteiger partial charge is 0.337 e. The molecule has 0 saturated carbocycles. The number of pyridine rings is 2. The van der Waals surface area contributed by atoms with Gasteiger partial charge in [-0.3, -0.25) is 19.9 Å². The molecule has 0 fully saturated rings. The van der Waals surface area contributed by atoms with Crippen LogP contribution in [0.1, 0.15) is 13.3 Å². The molecule has 0 radical (unpaired) electrons. The maximum absolute atomic E-state index is 15.6. The van der Waals surface area contributed by atoms with Crippen LogP contribution in [0.25, 0.3) is 44.7 Å².